The third-order valence-corrected chi connectivity index (χ3v) is 3.12. The molecule has 0 spiro atoms. The van der Waals surface area contributed by atoms with Crippen molar-refractivity contribution in [2.75, 3.05) is 12.9 Å². The first-order valence-electron chi connectivity index (χ1n) is 5.38. The molecule has 0 unspecified atom stereocenters. The Balaban J connectivity index is 2.37. The van der Waals surface area contributed by atoms with Crippen molar-refractivity contribution in [1.29, 1.82) is 0 Å². The summed E-state index contributed by atoms with van der Waals surface area (Å²) in [5, 5.41) is 1.14. The van der Waals surface area contributed by atoms with E-state index in [4.69, 9.17) is 4.74 Å². The van der Waals surface area contributed by atoms with Crippen LogP contribution >= 0.6 is 11.8 Å². The highest BCUT2D eigenvalue weighted by atomic mass is 32.2. The molecule has 7 heteroatoms. The van der Waals surface area contributed by atoms with Crippen LogP contribution in [-0.4, -0.2) is 33.4 Å². The quantitative estimate of drug-likeness (QED) is 0.508. The van der Waals surface area contributed by atoms with Gasteiger partial charge >= 0.3 is 5.97 Å². The predicted octanol–water partition coefficient (Wildman–Crippen LogP) is 1.01. The molecule has 96 valence electrons. The van der Waals surface area contributed by atoms with Gasteiger partial charge in [-0.05, 0) is 12.3 Å². The molecule has 0 saturated heterocycles. The monoisotopic (exact) mass is 267 g/mol. The first kappa shape index (κ1) is 12.7. The highest BCUT2D eigenvalue weighted by Gasteiger charge is 2.11. The molecule has 2 rings (SSSR count). The van der Waals surface area contributed by atoms with Crippen molar-refractivity contribution in [3.8, 4) is 0 Å². The number of aromatic nitrogens is 3. The Hall–Kier alpha value is -1.76. The lowest BCUT2D eigenvalue weighted by molar-refractivity contribution is -0.141. The summed E-state index contributed by atoms with van der Waals surface area (Å²) in [6, 6.07) is 1.69. The van der Waals surface area contributed by atoms with Crippen LogP contribution in [0.5, 0.6) is 0 Å². The summed E-state index contributed by atoms with van der Waals surface area (Å²) in [5.74, 6) is -0.357. The minimum atomic E-state index is -0.357. The van der Waals surface area contributed by atoms with Crippen LogP contribution in [-0.2, 0) is 16.1 Å². The van der Waals surface area contributed by atoms with Gasteiger partial charge in [0.25, 0.3) is 5.56 Å². The molecule has 18 heavy (non-hydrogen) atoms. The Labute approximate surface area is 107 Å². The number of esters is 1. The third-order valence-electron chi connectivity index (χ3n) is 2.44. The maximum atomic E-state index is 12.2. The lowest BCUT2D eigenvalue weighted by atomic mass is 10.4. The Morgan fingerprint density at radius 1 is 1.61 bits per heavy atom. The van der Waals surface area contributed by atoms with E-state index in [1.54, 1.807) is 12.3 Å². The molecule has 2 aromatic rings. The van der Waals surface area contributed by atoms with E-state index in [-0.39, 0.29) is 18.1 Å². The number of fused-ring (bicyclic) bond motifs is 1. The van der Waals surface area contributed by atoms with E-state index in [1.165, 1.54) is 23.3 Å². The number of hydrogen-bond donors (Lipinski definition) is 1. The topological polar surface area (TPSA) is 77.0 Å². The van der Waals surface area contributed by atoms with Gasteiger partial charge in [-0.25, -0.2) is 4.98 Å². The summed E-state index contributed by atoms with van der Waals surface area (Å²) in [6.45, 7) is 1.81. The van der Waals surface area contributed by atoms with Gasteiger partial charge in [0.2, 0.25) is 0 Å². The van der Waals surface area contributed by atoms with Crippen molar-refractivity contribution in [2.24, 2.45) is 0 Å². The second-order valence-electron chi connectivity index (χ2n) is 3.64. The van der Waals surface area contributed by atoms with Crippen molar-refractivity contribution in [1.82, 2.24) is 14.5 Å². The number of ether oxygens (including phenoxy) is 1. The number of carbonyl (C=O) groups is 1. The molecule has 0 aliphatic carbocycles. The second kappa shape index (κ2) is 5.26. The summed E-state index contributed by atoms with van der Waals surface area (Å²) in [4.78, 5) is 30.2. The van der Waals surface area contributed by atoms with Crippen LogP contribution in [0, 0.1) is 0 Å². The molecule has 0 saturated carbocycles. The van der Waals surface area contributed by atoms with Crippen molar-refractivity contribution >= 4 is 28.8 Å². The molecular formula is C11H13N3O3S. The summed E-state index contributed by atoms with van der Waals surface area (Å²) >= 11 is 1.38. The van der Waals surface area contributed by atoms with Crippen LogP contribution in [0.1, 0.15) is 6.92 Å². The third kappa shape index (κ3) is 2.40. The molecule has 0 aliphatic rings. The lowest BCUT2D eigenvalue weighted by Crippen LogP contribution is -2.25. The number of nitrogens with one attached hydrogen (secondary N) is 1. The number of carbonyl (C=O) groups excluding carboxylic acids is 1. The average molecular weight is 267 g/mol. The van der Waals surface area contributed by atoms with E-state index in [0.717, 1.165) is 0 Å². The van der Waals surface area contributed by atoms with E-state index in [1.807, 2.05) is 6.26 Å². The SMILES string of the molecule is CSc1nc2[nH]ccc2c(=O)n1CCOC(C)=O. The highest BCUT2D eigenvalue weighted by Crippen LogP contribution is 2.13. The molecular weight excluding hydrogens is 254 g/mol. The number of rotatable bonds is 4. The average Bonchev–Trinajstić information content (AvgIpc) is 2.79. The smallest absolute Gasteiger partial charge is 0.302 e. The van der Waals surface area contributed by atoms with Gasteiger partial charge in [0.15, 0.2) is 5.16 Å². The fourth-order valence-electron chi connectivity index (χ4n) is 1.65. The normalized spacial score (nSPS) is 10.8. The maximum absolute atomic E-state index is 12.2. The Kier molecular flexibility index (Phi) is 3.71. The van der Waals surface area contributed by atoms with Crippen molar-refractivity contribution in [2.45, 2.75) is 18.6 Å². The first-order chi connectivity index (χ1) is 8.63. The van der Waals surface area contributed by atoms with Gasteiger partial charge < -0.3 is 9.72 Å². The van der Waals surface area contributed by atoms with E-state index in [9.17, 15) is 9.59 Å². The minimum Gasteiger partial charge on any atom is -0.464 e. The van der Waals surface area contributed by atoms with Crippen LogP contribution < -0.4 is 5.56 Å². The van der Waals surface area contributed by atoms with Gasteiger partial charge in [-0.1, -0.05) is 11.8 Å². The number of thioether (sulfide) groups is 1. The van der Waals surface area contributed by atoms with Crippen LogP contribution in [0.3, 0.4) is 0 Å². The standard InChI is InChI=1S/C11H13N3O3S/c1-7(15)17-6-5-14-10(16)8-3-4-12-9(8)13-11(14)18-2/h3-4,12H,5-6H2,1-2H3. The van der Waals surface area contributed by atoms with E-state index in [0.29, 0.717) is 22.7 Å². The molecule has 2 aromatic heterocycles. The molecule has 0 fully saturated rings. The zero-order valence-corrected chi connectivity index (χ0v) is 10.9. The predicted molar refractivity (Wildman–Crippen MR) is 68.8 cm³/mol. The van der Waals surface area contributed by atoms with Gasteiger partial charge in [0.1, 0.15) is 12.3 Å². The van der Waals surface area contributed by atoms with E-state index >= 15 is 0 Å². The first-order valence-corrected chi connectivity index (χ1v) is 6.61. The zero-order chi connectivity index (χ0) is 13.1. The minimum absolute atomic E-state index is 0.127. The summed E-state index contributed by atoms with van der Waals surface area (Å²) < 4.78 is 6.37. The summed E-state index contributed by atoms with van der Waals surface area (Å²) in [7, 11) is 0. The van der Waals surface area contributed by atoms with Gasteiger partial charge in [-0.3, -0.25) is 14.2 Å². The molecule has 0 amide bonds. The van der Waals surface area contributed by atoms with Crippen LogP contribution in [0.2, 0.25) is 0 Å². The van der Waals surface area contributed by atoms with E-state index < -0.39 is 0 Å². The Morgan fingerprint density at radius 2 is 2.39 bits per heavy atom. The maximum Gasteiger partial charge on any atom is 0.302 e. The molecule has 0 aromatic carbocycles. The van der Waals surface area contributed by atoms with Crippen LogP contribution in [0.15, 0.2) is 22.2 Å². The molecule has 2 heterocycles. The Bertz CT molecular complexity index is 632. The van der Waals surface area contributed by atoms with Crippen molar-refractivity contribution in [3.05, 3.63) is 22.6 Å². The Morgan fingerprint density at radius 3 is 3.06 bits per heavy atom. The van der Waals surface area contributed by atoms with Crippen molar-refractivity contribution in [3.63, 3.8) is 0 Å². The van der Waals surface area contributed by atoms with Crippen molar-refractivity contribution < 1.29 is 9.53 Å². The molecule has 0 aliphatic heterocycles. The summed E-state index contributed by atoms with van der Waals surface area (Å²) in [5.41, 5.74) is 0.450. The number of hydrogen-bond acceptors (Lipinski definition) is 5. The van der Waals surface area contributed by atoms with Gasteiger partial charge in [-0.2, -0.15) is 0 Å². The number of nitrogens with zero attached hydrogens (tertiary/aromatic N) is 2. The van der Waals surface area contributed by atoms with Gasteiger partial charge in [0, 0.05) is 13.1 Å². The highest BCUT2D eigenvalue weighted by molar-refractivity contribution is 7.98. The van der Waals surface area contributed by atoms with E-state index in [2.05, 4.69) is 9.97 Å². The number of aromatic amines is 1. The molecule has 0 atom stereocenters. The zero-order valence-electron chi connectivity index (χ0n) is 10.1. The molecule has 0 bridgehead atoms. The van der Waals surface area contributed by atoms with Gasteiger partial charge in [-0.15, -0.1) is 0 Å². The summed E-state index contributed by atoms with van der Waals surface area (Å²) in [6.07, 6.45) is 3.53. The van der Waals surface area contributed by atoms with Gasteiger partial charge in [0.05, 0.1) is 11.9 Å². The number of H-pyrrole nitrogens is 1. The molecule has 1 N–H and O–H groups in total. The second-order valence-corrected chi connectivity index (χ2v) is 4.41. The van der Waals surface area contributed by atoms with Crippen LogP contribution in [0.25, 0.3) is 11.0 Å². The fourth-order valence-corrected chi connectivity index (χ4v) is 2.22. The van der Waals surface area contributed by atoms with Crippen LogP contribution in [0.4, 0.5) is 0 Å². The lowest BCUT2D eigenvalue weighted by Gasteiger charge is -2.10. The molecule has 0 radical (unpaired) electrons. The largest absolute Gasteiger partial charge is 0.464 e. The molecule has 6 nitrogen and oxygen atoms in total. The fraction of sp³-hybridized carbons (Fsp3) is 0.364.